The fourth-order valence-corrected chi connectivity index (χ4v) is 3.46. The number of para-hydroxylation sites is 1. The largest absolute Gasteiger partial charge is 0.342 e. The summed E-state index contributed by atoms with van der Waals surface area (Å²) in [5.74, 6) is 0.422. The van der Waals surface area contributed by atoms with Gasteiger partial charge in [-0.3, -0.25) is 9.59 Å². The van der Waals surface area contributed by atoms with Gasteiger partial charge in [0.15, 0.2) is 0 Å². The molecular weight excluding hydrogens is 300 g/mol. The lowest BCUT2D eigenvalue weighted by Gasteiger charge is -2.32. The minimum atomic E-state index is -0.102. The highest BCUT2D eigenvalue weighted by atomic mass is 16.2. The van der Waals surface area contributed by atoms with Crippen molar-refractivity contribution in [2.75, 3.05) is 18.4 Å². The van der Waals surface area contributed by atoms with E-state index in [-0.39, 0.29) is 29.1 Å². The minimum Gasteiger partial charge on any atom is -0.342 e. The molecule has 3 rings (SSSR count). The maximum Gasteiger partial charge on any atom is 0.229 e. The Morgan fingerprint density at radius 2 is 1.79 bits per heavy atom. The third-order valence-electron chi connectivity index (χ3n) is 5.02. The summed E-state index contributed by atoms with van der Waals surface area (Å²) in [5, 5.41) is 3.11. The summed E-state index contributed by atoms with van der Waals surface area (Å²) in [4.78, 5) is 26.9. The van der Waals surface area contributed by atoms with Gasteiger partial charge in [0.2, 0.25) is 11.8 Å². The molecule has 1 unspecified atom stereocenters. The molecule has 0 aromatic heterocycles. The van der Waals surface area contributed by atoms with Crippen LogP contribution in [0.5, 0.6) is 0 Å². The predicted molar refractivity (Wildman–Crippen MR) is 95.8 cm³/mol. The zero-order valence-electron chi connectivity index (χ0n) is 15.0. The molecule has 1 aliphatic carbocycles. The van der Waals surface area contributed by atoms with E-state index in [2.05, 4.69) is 32.2 Å². The number of amides is 2. The second-order valence-corrected chi connectivity index (χ2v) is 8.18. The minimum absolute atomic E-state index is 0.0234. The molecular formula is C20H28N2O2. The van der Waals surface area contributed by atoms with E-state index < -0.39 is 0 Å². The number of anilines is 1. The Bertz CT molecular complexity index is 629. The molecule has 2 fully saturated rings. The van der Waals surface area contributed by atoms with Gasteiger partial charge in [0.25, 0.3) is 0 Å². The van der Waals surface area contributed by atoms with Crippen molar-refractivity contribution < 1.29 is 9.59 Å². The number of carbonyl (C=O) groups excluding carboxylic acids is 2. The first-order valence-corrected chi connectivity index (χ1v) is 9.05. The molecule has 1 heterocycles. The van der Waals surface area contributed by atoms with Crippen LogP contribution in [0.3, 0.4) is 0 Å². The molecule has 4 nitrogen and oxygen atoms in total. The molecule has 0 spiro atoms. The lowest BCUT2D eigenvalue weighted by molar-refractivity contribution is -0.135. The van der Waals surface area contributed by atoms with Gasteiger partial charge < -0.3 is 10.2 Å². The van der Waals surface area contributed by atoms with Crippen LogP contribution in [0.2, 0.25) is 0 Å². The Balaban J connectivity index is 1.68. The Kier molecular flexibility index (Phi) is 4.66. The first kappa shape index (κ1) is 17.0. The van der Waals surface area contributed by atoms with Crippen molar-refractivity contribution in [2.24, 2.45) is 11.8 Å². The van der Waals surface area contributed by atoms with E-state index in [1.165, 1.54) is 0 Å². The van der Waals surface area contributed by atoms with E-state index in [0.717, 1.165) is 43.5 Å². The zero-order chi connectivity index (χ0) is 17.3. The van der Waals surface area contributed by atoms with Crippen LogP contribution < -0.4 is 5.32 Å². The SMILES string of the molecule is CC(C)(C)c1ccccc1NC(=O)C1CCCN(C(=O)C2CC2)C1. The van der Waals surface area contributed by atoms with Crippen LogP contribution in [0.15, 0.2) is 24.3 Å². The van der Waals surface area contributed by atoms with Crippen molar-refractivity contribution in [3.8, 4) is 0 Å². The molecule has 0 radical (unpaired) electrons. The van der Waals surface area contributed by atoms with Crippen molar-refractivity contribution in [1.29, 1.82) is 0 Å². The molecule has 2 aliphatic rings. The number of rotatable bonds is 3. The Morgan fingerprint density at radius 3 is 2.46 bits per heavy atom. The fraction of sp³-hybridized carbons (Fsp3) is 0.600. The van der Waals surface area contributed by atoms with Gasteiger partial charge in [-0.2, -0.15) is 0 Å². The van der Waals surface area contributed by atoms with E-state index in [4.69, 9.17) is 0 Å². The van der Waals surface area contributed by atoms with E-state index in [9.17, 15) is 9.59 Å². The smallest absolute Gasteiger partial charge is 0.229 e. The van der Waals surface area contributed by atoms with Crippen LogP contribution in [0.25, 0.3) is 0 Å². The van der Waals surface area contributed by atoms with Crippen LogP contribution in [-0.4, -0.2) is 29.8 Å². The monoisotopic (exact) mass is 328 g/mol. The molecule has 0 bridgehead atoms. The molecule has 1 saturated heterocycles. The maximum atomic E-state index is 12.8. The van der Waals surface area contributed by atoms with Gasteiger partial charge in [-0.05, 0) is 42.7 Å². The number of piperidine rings is 1. The molecule has 24 heavy (non-hydrogen) atoms. The predicted octanol–water partition coefficient (Wildman–Crippen LogP) is 3.57. The topological polar surface area (TPSA) is 49.4 Å². The Labute approximate surface area is 144 Å². The number of hydrogen-bond donors (Lipinski definition) is 1. The van der Waals surface area contributed by atoms with Gasteiger partial charge >= 0.3 is 0 Å². The first-order chi connectivity index (χ1) is 11.4. The first-order valence-electron chi connectivity index (χ1n) is 9.05. The number of hydrogen-bond acceptors (Lipinski definition) is 2. The lowest BCUT2D eigenvalue weighted by atomic mass is 9.85. The second-order valence-electron chi connectivity index (χ2n) is 8.18. The van der Waals surface area contributed by atoms with Crippen molar-refractivity contribution in [2.45, 2.75) is 51.9 Å². The highest BCUT2D eigenvalue weighted by Crippen LogP contribution is 2.33. The van der Waals surface area contributed by atoms with Crippen molar-refractivity contribution in [3.05, 3.63) is 29.8 Å². The number of nitrogens with one attached hydrogen (secondary N) is 1. The molecule has 1 N–H and O–H groups in total. The lowest BCUT2D eigenvalue weighted by Crippen LogP contribution is -2.44. The van der Waals surface area contributed by atoms with Crippen molar-refractivity contribution in [1.82, 2.24) is 4.90 Å². The number of benzene rings is 1. The van der Waals surface area contributed by atoms with Gasteiger partial charge in [0.1, 0.15) is 0 Å². The van der Waals surface area contributed by atoms with Crippen molar-refractivity contribution >= 4 is 17.5 Å². The second kappa shape index (κ2) is 6.58. The average molecular weight is 328 g/mol. The van der Waals surface area contributed by atoms with E-state index in [1.807, 2.05) is 23.1 Å². The third-order valence-corrected chi connectivity index (χ3v) is 5.02. The Hall–Kier alpha value is -1.84. The molecule has 130 valence electrons. The highest BCUT2D eigenvalue weighted by Gasteiger charge is 2.36. The summed E-state index contributed by atoms with van der Waals surface area (Å²) >= 11 is 0. The third kappa shape index (κ3) is 3.80. The van der Waals surface area contributed by atoms with Gasteiger partial charge in [-0.15, -0.1) is 0 Å². The van der Waals surface area contributed by atoms with Crippen LogP contribution in [0, 0.1) is 11.8 Å². The number of nitrogens with zero attached hydrogens (tertiary/aromatic N) is 1. The van der Waals surface area contributed by atoms with Gasteiger partial charge in [-0.1, -0.05) is 39.0 Å². The van der Waals surface area contributed by atoms with Crippen LogP contribution in [-0.2, 0) is 15.0 Å². The van der Waals surface area contributed by atoms with Crippen molar-refractivity contribution in [3.63, 3.8) is 0 Å². The van der Waals surface area contributed by atoms with Crippen LogP contribution >= 0.6 is 0 Å². The molecule has 1 aliphatic heterocycles. The zero-order valence-corrected chi connectivity index (χ0v) is 15.0. The molecule has 2 amide bonds. The number of carbonyl (C=O) groups is 2. The van der Waals surface area contributed by atoms with Crippen LogP contribution in [0.4, 0.5) is 5.69 Å². The number of likely N-dealkylation sites (tertiary alicyclic amines) is 1. The van der Waals surface area contributed by atoms with Gasteiger partial charge in [0.05, 0.1) is 5.92 Å². The average Bonchev–Trinajstić information content (AvgIpc) is 3.38. The standard InChI is InChI=1S/C20H28N2O2/c1-20(2,3)16-8-4-5-9-17(16)21-18(23)15-7-6-12-22(13-15)19(24)14-10-11-14/h4-5,8-9,14-15H,6-7,10-13H2,1-3H3,(H,21,23). The summed E-state index contributed by atoms with van der Waals surface area (Å²) in [6.45, 7) is 7.81. The quantitative estimate of drug-likeness (QED) is 0.922. The summed E-state index contributed by atoms with van der Waals surface area (Å²) in [7, 11) is 0. The molecule has 1 atom stereocenters. The summed E-state index contributed by atoms with van der Waals surface area (Å²) in [5.41, 5.74) is 2.01. The Morgan fingerprint density at radius 1 is 1.08 bits per heavy atom. The van der Waals surface area contributed by atoms with E-state index in [0.29, 0.717) is 6.54 Å². The summed E-state index contributed by atoms with van der Waals surface area (Å²) in [6, 6.07) is 8.00. The van der Waals surface area contributed by atoms with Gasteiger partial charge in [0, 0.05) is 24.7 Å². The molecule has 1 aromatic rings. The normalized spacial score (nSPS) is 21.5. The highest BCUT2D eigenvalue weighted by molar-refractivity contribution is 5.94. The maximum absolute atomic E-state index is 12.8. The summed E-state index contributed by atoms with van der Waals surface area (Å²) in [6.07, 6.45) is 3.81. The molecule has 1 saturated carbocycles. The van der Waals surface area contributed by atoms with E-state index in [1.54, 1.807) is 0 Å². The fourth-order valence-electron chi connectivity index (χ4n) is 3.46. The molecule has 4 heteroatoms. The summed E-state index contributed by atoms with van der Waals surface area (Å²) < 4.78 is 0. The van der Waals surface area contributed by atoms with Gasteiger partial charge in [-0.25, -0.2) is 0 Å². The molecule has 1 aromatic carbocycles. The van der Waals surface area contributed by atoms with E-state index >= 15 is 0 Å². The van der Waals surface area contributed by atoms with Crippen LogP contribution in [0.1, 0.15) is 52.0 Å².